The van der Waals surface area contributed by atoms with Crippen molar-refractivity contribution in [1.82, 2.24) is 0 Å². The fourth-order valence-electron chi connectivity index (χ4n) is 1.78. The van der Waals surface area contributed by atoms with Crippen molar-refractivity contribution in [2.75, 3.05) is 0 Å². The number of allylic oxidation sites excluding steroid dienone is 4. The first-order valence-electron chi connectivity index (χ1n) is 5.21. The molecule has 0 aliphatic heterocycles. The lowest BCUT2D eigenvalue weighted by molar-refractivity contribution is 0.740. The number of benzene rings is 1. The lowest BCUT2D eigenvalue weighted by Gasteiger charge is -2.12. The number of aryl methyl sites for hydroxylation is 1. The predicted molar refractivity (Wildman–Crippen MR) is 62.1 cm³/mol. The topological polar surface area (TPSA) is 0 Å². The molecule has 1 atom stereocenters. The van der Waals surface area contributed by atoms with Crippen LogP contribution in [0.2, 0.25) is 0 Å². The van der Waals surface area contributed by atoms with Crippen molar-refractivity contribution in [2.24, 2.45) is 5.92 Å². The van der Waals surface area contributed by atoms with E-state index in [-0.39, 0.29) is 0 Å². The van der Waals surface area contributed by atoms with Gasteiger partial charge < -0.3 is 0 Å². The van der Waals surface area contributed by atoms with Crippen LogP contribution in [0.3, 0.4) is 0 Å². The Bertz CT molecular complexity index is 366. The summed E-state index contributed by atoms with van der Waals surface area (Å²) in [6.45, 7) is 4.38. The first-order valence-corrected chi connectivity index (χ1v) is 5.21. The van der Waals surface area contributed by atoms with Crippen LogP contribution in [0.5, 0.6) is 0 Å². The second-order valence-corrected chi connectivity index (χ2v) is 4.10. The van der Waals surface area contributed by atoms with Gasteiger partial charge in [-0.3, -0.25) is 0 Å². The maximum Gasteiger partial charge on any atom is -0.0187 e. The van der Waals surface area contributed by atoms with Crippen molar-refractivity contribution >= 4 is 5.57 Å². The summed E-state index contributed by atoms with van der Waals surface area (Å²) in [4.78, 5) is 0. The van der Waals surface area contributed by atoms with Gasteiger partial charge in [0.05, 0.1) is 0 Å². The van der Waals surface area contributed by atoms with Crippen LogP contribution in [0.15, 0.2) is 42.5 Å². The van der Waals surface area contributed by atoms with Gasteiger partial charge >= 0.3 is 0 Å². The highest BCUT2D eigenvalue weighted by molar-refractivity contribution is 5.75. The largest absolute Gasteiger partial charge is 0.0834 e. The minimum atomic E-state index is 0.677. The van der Waals surface area contributed by atoms with Gasteiger partial charge in [-0.15, -0.1) is 0 Å². The standard InChI is InChI=1S/C14H16/c1-11-6-8-13(9-7-11)14-5-3-4-12(2)10-14/h3,5-10,12H,4H2,1-2H3. The molecular weight excluding hydrogens is 168 g/mol. The van der Waals surface area contributed by atoms with Crippen LogP contribution in [0, 0.1) is 12.8 Å². The summed E-state index contributed by atoms with van der Waals surface area (Å²) >= 11 is 0. The molecule has 0 aromatic heterocycles. The van der Waals surface area contributed by atoms with Crippen LogP contribution in [0.4, 0.5) is 0 Å². The second-order valence-electron chi connectivity index (χ2n) is 4.10. The smallest absolute Gasteiger partial charge is 0.0187 e. The predicted octanol–water partition coefficient (Wildman–Crippen LogP) is 3.97. The molecule has 1 unspecified atom stereocenters. The Labute approximate surface area is 86.0 Å². The van der Waals surface area contributed by atoms with Crippen molar-refractivity contribution < 1.29 is 0 Å². The molecule has 0 bridgehead atoms. The van der Waals surface area contributed by atoms with Crippen molar-refractivity contribution in [1.29, 1.82) is 0 Å². The number of rotatable bonds is 1. The van der Waals surface area contributed by atoms with Crippen LogP contribution in [0.1, 0.15) is 24.5 Å². The average molecular weight is 184 g/mol. The van der Waals surface area contributed by atoms with E-state index in [0.717, 1.165) is 0 Å². The first-order chi connectivity index (χ1) is 6.75. The molecule has 0 heterocycles. The van der Waals surface area contributed by atoms with E-state index in [1.54, 1.807) is 0 Å². The molecule has 0 fully saturated rings. The van der Waals surface area contributed by atoms with Gasteiger partial charge in [0.15, 0.2) is 0 Å². The summed E-state index contributed by atoms with van der Waals surface area (Å²) in [5.41, 5.74) is 4.02. The molecule has 1 aliphatic carbocycles. The van der Waals surface area contributed by atoms with E-state index in [1.165, 1.54) is 23.1 Å². The fourth-order valence-corrected chi connectivity index (χ4v) is 1.78. The third-order valence-electron chi connectivity index (χ3n) is 2.65. The molecule has 72 valence electrons. The highest BCUT2D eigenvalue weighted by Crippen LogP contribution is 2.24. The van der Waals surface area contributed by atoms with E-state index in [4.69, 9.17) is 0 Å². The summed E-state index contributed by atoms with van der Waals surface area (Å²) < 4.78 is 0. The Morgan fingerprint density at radius 3 is 2.50 bits per heavy atom. The summed E-state index contributed by atoms with van der Waals surface area (Å²) in [6.07, 6.45) is 8.02. The van der Waals surface area contributed by atoms with Gasteiger partial charge in [0.1, 0.15) is 0 Å². The molecule has 1 aliphatic rings. The molecule has 0 spiro atoms. The molecular formula is C14H16. The lowest BCUT2D eigenvalue weighted by atomic mass is 9.93. The Morgan fingerprint density at radius 1 is 1.14 bits per heavy atom. The minimum absolute atomic E-state index is 0.677. The van der Waals surface area contributed by atoms with Gasteiger partial charge in [-0.25, -0.2) is 0 Å². The van der Waals surface area contributed by atoms with Crippen LogP contribution >= 0.6 is 0 Å². The molecule has 0 heteroatoms. The van der Waals surface area contributed by atoms with Gasteiger partial charge in [0.2, 0.25) is 0 Å². The summed E-state index contributed by atoms with van der Waals surface area (Å²) in [6, 6.07) is 8.74. The zero-order chi connectivity index (χ0) is 9.97. The van der Waals surface area contributed by atoms with E-state index in [1.807, 2.05) is 0 Å². The molecule has 0 N–H and O–H groups in total. The van der Waals surface area contributed by atoms with E-state index in [0.29, 0.717) is 5.92 Å². The second kappa shape index (κ2) is 3.83. The van der Waals surface area contributed by atoms with Gasteiger partial charge in [-0.1, -0.05) is 55.0 Å². The molecule has 0 amide bonds. The molecule has 14 heavy (non-hydrogen) atoms. The minimum Gasteiger partial charge on any atom is -0.0834 e. The molecule has 2 rings (SSSR count). The monoisotopic (exact) mass is 184 g/mol. The molecule has 1 aromatic rings. The van der Waals surface area contributed by atoms with E-state index in [2.05, 4.69) is 56.3 Å². The fraction of sp³-hybridized carbons (Fsp3) is 0.286. The highest BCUT2D eigenvalue weighted by Gasteiger charge is 2.05. The third kappa shape index (κ3) is 1.95. The van der Waals surface area contributed by atoms with Crippen molar-refractivity contribution in [3.63, 3.8) is 0 Å². The van der Waals surface area contributed by atoms with E-state index in [9.17, 15) is 0 Å². The molecule has 0 saturated carbocycles. The van der Waals surface area contributed by atoms with Crippen LogP contribution in [-0.2, 0) is 0 Å². The van der Waals surface area contributed by atoms with Gasteiger partial charge in [-0.05, 0) is 30.4 Å². The van der Waals surface area contributed by atoms with Crippen LogP contribution in [0.25, 0.3) is 5.57 Å². The van der Waals surface area contributed by atoms with Crippen LogP contribution in [-0.4, -0.2) is 0 Å². The number of hydrogen-bond donors (Lipinski definition) is 0. The zero-order valence-electron chi connectivity index (χ0n) is 8.83. The van der Waals surface area contributed by atoms with Crippen molar-refractivity contribution in [2.45, 2.75) is 20.3 Å². The average Bonchev–Trinajstić information content (AvgIpc) is 2.19. The Morgan fingerprint density at radius 2 is 1.86 bits per heavy atom. The Hall–Kier alpha value is -1.30. The van der Waals surface area contributed by atoms with Gasteiger partial charge in [-0.2, -0.15) is 0 Å². The van der Waals surface area contributed by atoms with E-state index >= 15 is 0 Å². The third-order valence-corrected chi connectivity index (χ3v) is 2.65. The molecule has 1 aromatic carbocycles. The van der Waals surface area contributed by atoms with Crippen molar-refractivity contribution in [3.8, 4) is 0 Å². The maximum atomic E-state index is 2.35. The zero-order valence-corrected chi connectivity index (χ0v) is 8.83. The number of hydrogen-bond acceptors (Lipinski definition) is 0. The Balaban J connectivity index is 2.31. The molecule has 0 saturated heterocycles. The molecule has 0 nitrogen and oxygen atoms in total. The first kappa shape index (κ1) is 9.26. The van der Waals surface area contributed by atoms with Gasteiger partial charge in [0.25, 0.3) is 0 Å². The molecule has 0 radical (unpaired) electrons. The Kier molecular flexibility index (Phi) is 2.53. The summed E-state index contributed by atoms with van der Waals surface area (Å²) in [5.74, 6) is 0.677. The SMILES string of the molecule is Cc1ccc(C2=CC(C)CC=C2)cc1. The summed E-state index contributed by atoms with van der Waals surface area (Å²) in [7, 11) is 0. The highest BCUT2D eigenvalue weighted by atomic mass is 14.1. The van der Waals surface area contributed by atoms with Gasteiger partial charge in [0, 0.05) is 0 Å². The quantitative estimate of drug-likeness (QED) is 0.619. The van der Waals surface area contributed by atoms with E-state index < -0.39 is 0 Å². The van der Waals surface area contributed by atoms with Crippen molar-refractivity contribution in [3.05, 3.63) is 53.6 Å². The summed E-state index contributed by atoms with van der Waals surface area (Å²) in [5, 5.41) is 0. The maximum absolute atomic E-state index is 2.35. The van der Waals surface area contributed by atoms with Crippen LogP contribution < -0.4 is 0 Å². The normalized spacial score (nSPS) is 20.7. The lowest BCUT2D eigenvalue weighted by Crippen LogP contribution is -1.94.